The summed E-state index contributed by atoms with van der Waals surface area (Å²) in [5.74, 6) is 0.509. The Balaban J connectivity index is 2.86. The fourth-order valence-corrected chi connectivity index (χ4v) is 0.387. The molecule has 0 saturated carbocycles. The van der Waals surface area contributed by atoms with Gasteiger partial charge in [0.05, 0.1) is 6.61 Å². The minimum Gasteiger partial charge on any atom is -0.381 e. The molecule has 0 rings (SSSR count). The summed E-state index contributed by atoms with van der Waals surface area (Å²) in [6, 6.07) is 0. The van der Waals surface area contributed by atoms with Gasteiger partial charge in [-0.25, -0.2) is 0 Å². The van der Waals surface area contributed by atoms with Gasteiger partial charge in [0, 0.05) is 6.61 Å². The lowest BCUT2D eigenvalue weighted by atomic mass is 10.2. The molecule has 0 aromatic rings. The van der Waals surface area contributed by atoms with E-state index in [1.54, 1.807) is 0 Å². The highest BCUT2D eigenvalue weighted by molar-refractivity contribution is 4.48. The molecule has 0 aromatic heterocycles. The second-order valence-electron chi connectivity index (χ2n) is 2.00. The van der Waals surface area contributed by atoms with Gasteiger partial charge in [-0.1, -0.05) is 6.92 Å². The first-order chi connectivity index (χ1) is 3.81. The highest BCUT2D eigenvalue weighted by Crippen LogP contribution is 1.90. The van der Waals surface area contributed by atoms with Gasteiger partial charge in [-0.2, -0.15) is 0 Å². The van der Waals surface area contributed by atoms with E-state index in [0.717, 1.165) is 19.8 Å². The molecule has 0 aliphatic rings. The van der Waals surface area contributed by atoms with Gasteiger partial charge >= 0.3 is 0 Å². The van der Waals surface area contributed by atoms with Gasteiger partial charge < -0.3 is 10.5 Å². The summed E-state index contributed by atoms with van der Waals surface area (Å²) >= 11 is 0. The van der Waals surface area contributed by atoms with Crippen molar-refractivity contribution < 1.29 is 4.74 Å². The number of hydrogen-bond donors (Lipinski definition) is 1. The average molecular weight is 117 g/mol. The summed E-state index contributed by atoms with van der Waals surface area (Å²) in [4.78, 5) is 0. The maximum Gasteiger partial charge on any atom is 0.0503 e. The van der Waals surface area contributed by atoms with Crippen molar-refractivity contribution in [3.63, 3.8) is 0 Å². The minimum absolute atomic E-state index is 0.509. The molecular formula is C6H15NO. The Kier molecular flexibility index (Phi) is 5.01. The highest BCUT2D eigenvalue weighted by Gasteiger charge is 1.95. The van der Waals surface area contributed by atoms with Gasteiger partial charge in [0.2, 0.25) is 0 Å². The monoisotopic (exact) mass is 117 g/mol. The zero-order chi connectivity index (χ0) is 6.41. The molecule has 0 bridgehead atoms. The lowest BCUT2D eigenvalue weighted by Crippen LogP contribution is -2.16. The Morgan fingerprint density at radius 1 is 1.62 bits per heavy atom. The van der Waals surface area contributed by atoms with Crippen molar-refractivity contribution in [2.24, 2.45) is 11.7 Å². The zero-order valence-corrected chi connectivity index (χ0v) is 5.68. The Labute approximate surface area is 51.0 Å². The van der Waals surface area contributed by atoms with Crippen LogP contribution in [0.3, 0.4) is 0 Å². The third-order valence-electron chi connectivity index (χ3n) is 1.01. The summed E-state index contributed by atoms with van der Waals surface area (Å²) in [6.07, 6.45) is 0. The van der Waals surface area contributed by atoms with E-state index in [-0.39, 0.29) is 0 Å². The topological polar surface area (TPSA) is 35.2 Å². The summed E-state index contributed by atoms with van der Waals surface area (Å²) in [5, 5.41) is 0. The largest absolute Gasteiger partial charge is 0.381 e. The predicted octanol–water partition coefficient (Wildman–Crippen LogP) is 0.618. The first-order valence-corrected chi connectivity index (χ1v) is 3.09. The Morgan fingerprint density at radius 3 is 2.62 bits per heavy atom. The van der Waals surface area contributed by atoms with Gasteiger partial charge in [-0.15, -0.1) is 0 Å². The van der Waals surface area contributed by atoms with Crippen LogP contribution in [0.5, 0.6) is 0 Å². The van der Waals surface area contributed by atoms with Crippen molar-refractivity contribution in [3.8, 4) is 0 Å². The van der Waals surface area contributed by atoms with Crippen molar-refractivity contribution in [2.75, 3.05) is 19.8 Å². The van der Waals surface area contributed by atoms with Gasteiger partial charge in [0.15, 0.2) is 0 Å². The normalized spacial score (nSPS) is 13.9. The molecule has 0 heterocycles. The molecule has 2 N–H and O–H groups in total. The van der Waals surface area contributed by atoms with E-state index in [1.807, 2.05) is 6.92 Å². The molecular weight excluding hydrogens is 102 g/mol. The van der Waals surface area contributed by atoms with Crippen molar-refractivity contribution in [3.05, 3.63) is 0 Å². The fraction of sp³-hybridized carbons (Fsp3) is 1.00. The standard InChI is InChI=1S/C6H15NO/c1-3-8-5-6(2)4-7/h6H,3-5,7H2,1-2H3/t6-/m1/s1. The first-order valence-electron chi connectivity index (χ1n) is 3.09. The smallest absolute Gasteiger partial charge is 0.0503 e. The van der Waals surface area contributed by atoms with Crippen LogP contribution in [0.15, 0.2) is 0 Å². The van der Waals surface area contributed by atoms with Crippen LogP contribution in [0.1, 0.15) is 13.8 Å². The van der Waals surface area contributed by atoms with Crippen LogP contribution >= 0.6 is 0 Å². The second-order valence-corrected chi connectivity index (χ2v) is 2.00. The number of rotatable bonds is 4. The van der Waals surface area contributed by atoms with E-state index in [9.17, 15) is 0 Å². The summed E-state index contributed by atoms with van der Waals surface area (Å²) in [5.41, 5.74) is 5.33. The third kappa shape index (κ3) is 4.09. The van der Waals surface area contributed by atoms with Gasteiger partial charge in [0.1, 0.15) is 0 Å². The van der Waals surface area contributed by atoms with Crippen LogP contribution in [-0.4, -0.2) is 19.8 Å². The van der Waals surface area contributed by atoms with E-state index < -0.39 is 0 Å². The van der Waals surface area contributed by atoms with E-state index in [0.29, 0.717) is 5.92 Å². The van der Waals surface area contributed by atoms with Crippen molar-refractivity contribution in [2.45, 2.75) is 13.8 Å². The third-order valence-corrected chi connectivity index (χ3v) is 1.01. The maximum absolute atomic E-state index is 5.33. The molecule has 0 saturated heterocycles. The first kappa shape index (κ1) is 7.92. The van der Waals surface area contributed by atoms with Gasteiger partial charge in [-0.05, 0) is 19.4 Å². The molecule has 0 spiro atoms. The van der Waals surface area contributed by atoms with Crippen LogP contribution < -0.4 is 5.73 Å². The quantitative estimate of drug-likeness (QED) is 0.585. The van der Waals surface area contributed by atoms with Crippen molar-refractivity contribution >= 4 is 0 Å². The molecule has 1 atom stereocenters. The average Bonchev–Trinajstić information content (AvgIpc) is 1.83. The van der Waals surface area contributed by atoms with Crippen LogP contribution in [0.25, 0.3) is 0 Å². The Hall–Kier alpha value is -0.0800. The molecule has 0 aliphatic carbocycles. The number of hydrogen-bond acceptors (Lipinski definition) is 2. The summed E-state index contributed by atoms with van der Waals surface area (Å²) in [7, 11) is 0. The maximum atomic E-state index is 5.33. The molecule has 0 aromatic carbocycles. The molecule has 2 heteroatoms. The van der Waals surface area contributed by atoms with E-state index >= 15 is 0 Å². The second kappa shape index (κ2) is 5.06. The lowest BCUT2D eigenvalue weighted by molar-refractivity contribution is 0.118. The van der Waals surface area contributed by atoms with Gasteiger partial charge in [0.25, 0.3) is 0 Å². The van der Waals surface area contributed by atoms with Crippen LogP contribution in [0.2, 0.25) is 0 Å². The number of nitrogens with two attached hydrogens (primary N) is 1. The van der Waals surface area contributed by atoms with Crippen LogP contribution in [0, 0.1) is 5.92 Å². The fourth-order valence-electron chi connectivity index (χ4n) is 0.387. The molecule has 0 fully saturated rings. The molecule has 0 aliphatic heterocycles. The van der Waals surface area contributed by atoms with Crippen molar-refractivity contribution in [1.82, 2.24) is 0 Å². The SMILES string of the molecule is CCOC[C@H](C)CN. The highest BCUT2D eigenvalue weighted by atomic mass is 16.5. The summed E-state index contributed by atoms with van der Waals surface area (Å²) in [6.45, 7) is 6.39. The lowest BCUT2D eigenvalue weighted by Gasteiger charge is -2.05. The Bertz CT molecular complexity index is 47.8. The van der Waals surface area contributed by atoms with Crippen LogP contribution in [-0.2, 0) is 4.74 Å². The molecule has 0 unspecified atom stereocenters. The molecule has 50 valence electrons. The molecule has 0 radical (unpaired) electrons. The van der Waals surface area contributed by atoms with E-state index in [2.05, 4.69) is 6.92 Å². The van der Waals surface area contributed by atoms with E-state index in [1.165, 1.54) is 0 Å². The predicted molar refractivity (Wildman–Crippen MR) is 34.7 cm³/mol. The van der Waals surface area contributed by atoms with Crippen molar-refractivity contribution in [1.29, 1.82) is 0 Å². The molecule has 2 nitrogen and oxygen atoms in total. The summed E-state index contributed by atoms with van der Waals surface area (Å²) < 4.78 is 5.11. The Morgan fingerprint density at radius 2 is 2.25 bits per heavy atom. The number of ether oxygens (including phenoxy) is 1. The van der Waals surface area contributed by atoms with E-state index in [4.69, 9.17) is 10.5 Å². The van der Waals surface area contributed by atoms with Gasteiger partial charge in [-0.3, -0.25) is 0 Å². The minimum atomic E-state index is 0.509. The van der Waals surface area contributed by atoms with Crippen LogP contribution in [0.4, 0.5) is 0 Å². The molecule has 8 heavy (non-hydrogen) atoms. The zero-order valence-electron chi connectivity index (χ0n) is 5.68. The molecule has 0 amide bonds.